The number of hydrogen-bond donors (Lipinski definition) is 0. The van der Waals surface area contributed by atoms with Gasteiger partial charge in [-0.1, -0.05) is 17.3 Å². The van der Waals surface area contributed by atoms with Crippen LogP contribution in [0.25, 0.3) is 22.4 Å². The fourth-order valence-electron chi connectivity index (χ4n) is 3.04. The van der Waals surface area contributed by atoms with E-state index in [9.17, 15) is 4.79 Å². The fourth-order valence-corrected chi connectivity index (χ4v) is 3.04. The van der Waals surface area contributed by atoms with E-state index >= 15 is 0 Å². The van der Waals surface area contributed by atoms with Gasteiger partial charge in [0.1, 0.15) is 22.6 Å². The minimum Gasteiger partial charge on any atom is -0.497 e. The van der Waals surface area contributed by atoms with Gasteiger partial charge in [0.05, 0.1) is 26.9 Å². The van der Waals surface area contributed by atoms with Crippen molar-refractivity contribution in [1.82, 2.24) is 5.16 Å². The quantitative estimate of drug-likeness (QED) is 0.589. The van der Waals surface area contributed by atoms with Gasteiger partial charge in [-0.05, 0) is 55.8 Å². The molecule has 3 aromatic rings. The lowest BCUT2D eigenvalue weighted by Gasteiger charge is -2.20. The van der Waals surface area contributed by atoms with Crippen molar-refractivity contribution in [2.24, 2.45) is 0 Å². The Morgan fingerprint density at radius 1 is 0.857 bits per heavy atom. The summed E-state index contributed by atoms with van der Waals surface area (Å²) < 4.78 is 21.2. The van der Waals surface area contributed by atoms with Crippen LogP contribution in [0.15, 0.2) is 53.1 Å². The molecule has 0 aliphatic rings. The molecule has 0 N–H and O–H groups in total. The highest BCUT2D eigenvalue weighted by atomic mass is 16.5. The highest BCUT2D eigenvalue weighted by Crippen LogP contribution is 2.41. The van der Waals surface area contributed by atoms with E-state index in [0.717, 1.165) is 28.2 Å². The van der Waals surface area contributed by atoms with Crippen LogP contribution in [0.4, 0.5) is 0 Å². The van der Waals surface area contributed by atoms with Crippen LogP contribution in [0.2, 0.25) is 0 Å². The van der Waals surface area contributed by atoms with Gasteiger partial charge in [-0.2, -0.15) is 0 Å². The zero-order valence-electron chi connectivity index (χ0n) is 16.6. The van der Waals surface area contributed by atoms with E-state index in [2.05, 4.69) is 5.16 Å². The van der Waals surface area contributed by atoms with Crippen LogP contribution >= 0.6 is 0 Å². The molecule has 0 aliphatic carbocycles. The average Bonchev–Trinajstić information content (AvgIpc) is 3.19. The summed E-state index contributed by atoms with van der Waals surface area (Å²) in [4.78, 5) is 12.4. The summed E-state index contributed by atoms with van der Waals surface area (Å²) >= 11 is 0. The topological polar surface area (TPSA) is 70.8 Å². The monoisotopic (exact) mass is 378 g/mol. The molecule has 3 rings (SSSR count). The van der Waals surface area contributed by atoms with Crippen molar-refractivity contribution in [3.8, 4) is 33.9 Å². The summed E-state index contributed by atoms with van der Waals surface area (Å²) in [5.41, 5.74) is 2.08. The van der Waals surface area contributed by atoms with Crippen molar-refractivity contribution in [3.63, 3.8) is 0 Å². The molecule has 0 bridgehead atoms. The molecule has 0 spiro atoms. The third kappa shape index (κ3) is 3.45. The van der Waals surface area contributed by atoms with Crippen molar-refractivity contribution in [3.05, 3.63) is 54.3 Å². The van der Waals surface area contributed by atoms with Gasteiger partial charge in [-0.15, -0.1) is 0 Å². The molecule has 0 aliphatic heterocycles. The Labute approximate surface area is 164 Å². The van der Waals surface area contributed by atoms with Crippen LogP contribution in [-0.2, 0) is 14.9 Å². The second-order valence-corrected chi connectivity index (χ2v) is 6.81. The largest absolute Gasteiger partial charge is 0.497 e. The number of benzene rings is 2. The van der Waals surface area contributed by atoms with Gasteiger partial charge in [-0.25, -0.2) is 0 Å². The van der Waals surface area contributed by atoms with E-state index in [4.69, 9.17) is 18.7 Å². The van der Waals surface area contributed by atoms with Crippen LogP contribution in [-0.4, -0.2) is 32.5 Å². The fraction of sp³-hybridized carbons (Fsp3) is 0.273. The van der Waals surface area contributed by atoms with Crippen LogP contribution in [0, 0.1) is 0 Å². The van der Waals surface area contributed by atoms with E-state index in [1.54, 1.807) is 28.1 Å². The summed E-state index contributed by atoms with van der Waals surface area (Å²) in [6.45, 7) is 3.51. The van der Waals surface area contributed by atoms with Gasteiger partial charge in [-0.3, -0.25) is 4.79 Å². The zero-order chi connectivity index (χ0) is 20.3. The molecule has 0 fully saturated rings. The molecule has 146 valence electrons. The molecule has 0 radical (unpaired) electrons. The third-order valence-electron chi connectivity index (χ3n) is 4.70. The molecule has 1 aromatic heterocycles. The summed E-state index contributed by atoms with van der Waals surface area (Å²) in [6.07, 6.45) is 0. The highest BCUT2D eigenvalue weighted by Gasteiger charge is 2.39. The summed E-state index contributed by atoms with van der Waals surface area (Å²) in [7, 11) is 4.59. The number of aromatic nitrogens is 1. The standard InChI is InChI=1S/C22H23NO5/c1-22(2,21(24)27-5)20-18(14-6-10-16(25-3)11-7-14)19(23-28-20)15-8-12-17(26-4)13-9-15/h6-13H,1-5H3/i1-1,2-1,3+0,4+0,5-1. The average molecular weight is 378 g/mol. The van der Waals surface area contributed by atoms with Gasteiger partial charge in [0.2, 0.25) is 0 Å². The maximum atomic E-state index is 12.4. The zero-order valence-corrected chi connectivity index (χ0v) is 16.6. The lowest BCUT2D eigenvalue weighted by Crippen LogP contribution is -2.30. The molecule has 0 amide bonds. The van der Waals surface area contributed by atoms with E-state index in [0.29, 0.717) is 11.5 Å². The first-order valence-electron chi connectivity index (χ1n) is 8.79. The SMILES string of the molecule is [11CH3]OC(=O)C([11CH3])([11CH3])c1onc(-c2ccc(O[12CH3])cc2)c1-c1ccc(O[12CH3])cc1. The van der Waals surface area contributed by atoms with Crippen molar-refractivity contribution in [1.29, 1.82) is 0 Å². The summed E-state index contributed by atoms with van der Waals surface area (Å²) in [5, 5.41) is 4.29. The lowest BCUT2D eigenvalue weighted by molar-refractivity contribution is -0.146. The van der Waals surface area contributed by atoms with Crippen molar-refractivity contribution < 1.29 is 23.5 Å². The lowest BCUT2D eigenvalue weighted by atomic mass is 9.60. The first-order chi connectivity index (χ1) is 13.4. The molecule has 6 nitrogen and oxygen atoms in total. The second kappa shape index (κ2) is 7.76. The maximum Gasteiger partial charge on any atom is 0.319 e. The molecular weight excluding hydrogens is 355 g/mol. The molecule has 6 heteroatoms. The highest BCUT2D eigenvalue weighted by molar-refractivity contribution is 5.89. The number of rotatable bonds is 6. The number of carbonyl (C=O) groups is 1. The summed E-state index contributed by atoms with van der Waals surface area (Å²) in [5.74, 6) is 1.52. The Kier molecular flexibility index (Phi) is 5.40. The van der Waals surface area contributed by atoms with Crippen LogP contribution in [0.1, 0.15) is 19.6 Å². The Bertz CT molecular complexity index is 956. The van der Waals surface area contributed by atoms with Gasteiger partial charge >= 0.3 is 5.97 Å². The van der Waals surface area contributed by atoms with Crippen molar-refractivity contribution >= 4 is 5.97 Å². The molecule has 0 saturated heterocycles. The Morgan fingerprint density at radius 2 is 1.36 bits per heavy atom. The number of hydrogen-bond acceptors (Lipinski definition) is 6. The Hall–Kier alpha value is -3.28. The van der Waals surface area contributed by atoms with Crippen molar-refractivity contribution in [2.45, 2.75) is 19.3 Å². The van der Waals surface area contributed by atoms with E-state index < -0.39 is 11.4 Å². The van der Waals surface area contributed by atoms with Gasteiger partial charge in [0.15, 0.2) is 5.76 Å². The number of nitrogens with zero attached hydrogens (tertiary/aromatic N) is 1. The maximum absolute atomic E-state index is 12.4. The number of ether oxygens (including phenoxy) is 3. The van der Waals surface area contributed by atoms with Crippen LogP contribution in [0.3, 0.4) is 0 Å². The Morgan fingerprint density at radius 3 is 1.82 bits per heavy atom. The van der Waals surface area contributed by atoms with E-state index in [1.807, 2.05) is 48.5 Å². The first-order valence-corrected chi connectivity index (χ1v) is 8.79. The number of esters is 1. The molecular formula is C22H23NO5. The molecule has 0 atom stereocenters. The predicted molar refractivity (Wildman–Crippen MR) is 106 cm³/mol. The predicted octanol–water partition coefficient (Wildman–Crippen LogP) is 4.48. The Balaban J connectivity index is 2.20. The summed E-state index contributed by atoms with van der Waals surface area (Å²) in [6, 6.07) is 15.0. The minimum atomic E-state index is -1.01. The number of methoxy groups -OCH3 is 3. The van der Waals surface area contributed by atoms with Gasteiger partial charge in [0, 0.05) is 5.56 Å². The van der Waals surface area contributed by atoms with E-state index in [1.165, 1.54) is 7.11 Å². The minimum absolute atomic E-state index is 0.403. The third-order valence-corrected chi connectivity index (χ3v) is 4.70. The smallest absolute Gasteiger partial charge is 0.319 e. The first kappa shape index (κ1) is 19.5. The molecule has 2 aromatic carbocycles. The van der Waals surface area contributed by atoms with Gasteiger partial charge < -0.3 is 18.7 Å². The van der Waals surface area contributed by atoms with Gasteiger partial charge in [0.25, 0.3) is 0 Å². The van der Waals surface area contributed by atoms with E-state index in [-0.39, 0.29) is 0 Å². The molecule has 1 heterocycles. The molecule has 28 heavy (non-hydrogen) atoms. The normalized spacial score (nSPS) is 11.2. The second-order valence-electron chi connectivity index (χ2n) is 6.81. The molecule has 0 saturated carbocycles. The van der Waals surface area contributed by atoms with Crippen LogP contribution in [0.5, 0.6) is 11.5 Å². The number of carbonyl (C=O) groups excluding carboxylic acids is 1. The molecule has 0 unspecified atom stereocenters. The van der Waals surface area contributed by atoms with Crippen LogP contribution < -0.4 is 9.47 Å². The van der Waals surface area contributed by atoms with Crippen molar-refractivity contribution in [2.75, 3.05) is 21.3 Å².